The van der Waals surface area contributed by atoms with E-state index in [-0.39, 0.29) is 6.54 Å². The minimum absolute atomic E-state index is 0.233. The first-order valence-corrected chi connectivity index (χ1v) is 5.28. The number of carbonyl (C=O) groups excluding carboxylic acids is 1. The molecule has 0 saturated heterocycles. The van der Waals surface area contributed by atoms with Crippen LogP contribution in [0.4, 0.5) is 0 Å². The molecule has 0 radical (unpaired) electrons. The molecule has 17 heavy (non-hydrogen) atoms. The van der Waals surface area contributed by atoms with Crippen LogP contribution in [0.25, 0.3) is 0 Å². The Kier molecular flexibility index (Phi) is 3.83. The first kappa shape index (κ1) is 13.2. The Morgan fingerprint density at radius 2 is 2.06 bits per heavy atom. The molecule has 92 valence electrons. The molecular weight excluding hydrogens is 220 g/mol. The molecule has 1 amide bonds. The van der Waals surface area contributed by atoms with Gasteiger partial charge in [0.2, 0.25) is 5.91 Å². The van der Waals surface area contributed by atoms with Crippen LogP contribution in [0, 0.1) is 12.3 Å². The maximum absolute atomic E-state index is 11.6. The number of nitrogens with zero attached hydrogens (tertiary/aromatic N) is 1. The molecule has 1 heterocycles. The van der Waals surface area contributed by atoms with E-state index < -0.39 is 17.3 Å². The van der Waals surface area contributed by atoms with Crippen molar-refractivity contribution in [1.29, 1.82) is 0 Å². The molecule has 0 saturated carbocycles. The maximum atomic E-state index is 11.6. The predicted molar refractivity (Wildman–Crippen MR) is 62.2 cm³/mol. The van der Waals surface area contributed by atoms with Gasteiger partial charge in [-0.1, -0.05) is 6.07 Å². The fourth-order valence-corrected chi connectivity index (χ4v) is 1.19. The van der Waals surface area contributed by atoms with Gasteiger partial charge in [-0.15, -0.1) is 0 Å². The van der Waals surface area contributed by atoms with E-state index in [1.165, 1.54) is 13.8 Å². The Morgan fingerprint density at radius 3 is 2.59 bits per heavy atom. The zero-order chi connectivity index (χ0) is 13.1. The minimum atomic E-state index is -1.43. The number of aromatic nitrogens is 1. The number of nitrogens with one attached hydrogen (secondary N) is 1. The highest BCUT2D eigenvalue weighted by atomic mass is 16.4. The van der Waals surface area contributed by atoms with Crippen LogP contribution in [-0.4, -0.2) is 22.0 Å². The molecule has 0 unspecified atom stereocenters. The first-order valence-electron chi connectivity index (χ1n) is 5.28. The molecule has 0 atom stereocenters. The molecule has 0 bridgehead atoms. The van der Waals surface area contributed by atoms with Crippen molar-refractivity contribution >= 4 is 11.9 Å². The lowest BCUT2D eigenvalue weighted by molar-refractivity contribution is -0.153. The summed E-state index contributed by atoms with van der Waals surface area (Å²) in [4.78, 5) is 26.7. The average Bonchev–Trinajstić information content (AvgIpc) is 2.25. The van der Waals surface area contributed by atoms with Crippen LogP contribution >= 0.6 is 0 Å². The molecule has 0 aliphatic carbocycles. The monoisotopic (exact) mass is 236 g/mol. The zero-order valence-electron chi connectivity index (χ0n) is 10.2. The number of rotatable bonds is 4. The van der Waals surface area contributed by atoms with Gasteiger partial charge in [0.25, 0.3) is 0 Å². The summed E-state index contributed by atoms with van der Waals surface area (Å²) >= 11 is 0. The van der Waals surface area contributed by atoms with Crippen LogP contribution < -0.4 is 5.32 Å². The summed E-state index contributed by atoms with van der Waals surface area (Å²) in [6, 6.07) is 5.47. The van der Waals surface area contributed by atoms with E-state index in [9.17, 15) is 9.59 Å². The van der Waals surface area contributed by atoms with Crippen molar-refractivity contribution in [3.8, 4) is 0 Å². The number of carboxylic acid groups (broad SMARTS) is 1. The highest BCUT2D eigenvalue weighted by Crippen LogP contribution is 2.15. The topological polar surface area (TPSA) is 79.3 Å². The molecule has 0 aliphatic heterocycles. The quantitative estimate of drug-likeness (QED) is 0.768. The molecule has 0 fully saturated rings. The highest BCUT2D eigenvalue weighted by Gasteiger charge is 2.35. The van der Waals surface area contributed by atoms with Gasteiger partial charge in [0.1, 0.15) is 5.41 Å². The summed E-state index contributed by atoms with van der Waals surface area (Å²) in [6.07, 6.45) is 0. The van der Waals surface area contributed by atoms with Crippen LogP contribution in [0.1, 0.15) is 25.2 Å². The summed E-state index contributed by atoms with van der Waals surface area (Å²) in [5.41, 5.74) is 0.137. The standard InChI is InChI=1S/C12H16N2O3/c1-8-5-4-6-9(14-8)7-13-10(15)12(2,3)11(16)17/h4-6H,7H2,1-3H3,(H,13,15)(H,16,17). The average molecular weight is 236 g/mol. The highest BCUT2D eigenvalue weighted by molar-refractivity contribution is 6.00. The number of amides is 1. The van der Waals surface area contributed by atoms with Crippen LogP contribution in [0.15, 0.2) is 18.2 Å². The second-order valence-corrected chi connectivity index (χ2v) is 4.38. The van der Waals surface area contributed by atoms with Gasteiger partial charge in [0.15, 0.2) is 0 Å². The third kappa shape index (κ3) is 3.27. The van der Waals surface area contributed by atoms with Gasteiger partial charge in [0.05, 0.1) is 12.2 Å². The summed E-state index contributed by atoms with van der Waals surface area (Å²) in [6.45, 7) is 4.83. The molecule has 1 rings (SSSR count). The van der Waals surface area contributed by atoms with E-state index in [1.54, 1.807) is 6.07 Å². The smallest absolute Gasteiger partial charge is 0.318 e. The summed E-state index contributed by atoms with van der Waals surface area (Å²) in [5.74, 6) is -1.67. The van der Waals surface area contributed by atoms with E-state index in [0.717, 1.165) is 5.69 Å². The van der Waals surface area contributed by atoms with Crippen LogP contribution in [-0.2, 0) is 16.1 Å². The van der Waals surface area contributed by atoms with Gasteiger partial charge in [-0.25, -0.2) is 0 Å². The third-order valence-corrected chi connectivity index (χ3v) is 2.48. The minimum Gasteiger partial charge on any atom is -0.480 e. The Bertz CT molecular complexity index is 441. The number of aliphatic carboxylic acids is 1. The molecule has 5 nitrogen and oxygen atoms in total. The second-order valence-electron chi connectivity index (χ2n) is 4.38. The van der Waals surface area contributed by atoms with Crippen LogP contribution in [0.5, 0.6) is 0 Å². The normalized spacial score (nSPS) is 11.0. The van der Waals surface area contributed by atoms with Gasteiger partial charge in [-0.3, -0.25) is 14.6 Å². The first-order chi connectivity index (χ1) is 7.84. The number of hydrogen-bond acceptors (Lipinski definition) is 3. The van der Waals surface area contributed by atoms with E-state index in [2.05, 4.69) is 10.3 Å². The van der Waals surface area contributed by atoms with Gasteiger partial charge in [0, 0.05) is 5.69 Å². The largest absolute Gasteiger partial charge is 0.480 e. The van der Waals surface area contributed by atoms with Crippen molar-refractivity contribution in [2.24, 2.45) is 5.41 Å². The number of aryl methyl sites for hydroxylation is 1. The fraction of sp³-hybridized carbons (Fsp3) is 0.417. The number of carbonyl (C=O) groups is 2. The third-order valence-electron chi connectivity index (χ3n) is 2.48. The molecule has 0 aliphatic rings. The zero-order valence-corrected chi connectivity index (χ0v) is 10.2. The summed E-state index contributed by atoms with van der Waals surface area (Å²) < 4.78 is 0. The molecular formula is C12H16N2O3. The van der Waals surface area contributed by atoms with Crippen molar-refractivity contribution in [3.05, 3.63) is 29.6 Å². The van der Waals surface area contributed by atoms with Crippen molar-refractivity contribution < 1.29 is 14.7 Å². The Balaban J connectivity index is 2.63. The van der Waals surface area contributed by atoms with E-state index in [4.69, 9.17) is 5.11 Å². The molecule has 0 spiro atoms. The fourth-order valence-electron chi connectivity index (χ4n) is 1.19. The van der Waals surface area contributed by atoms with Crippen molar-refractivity contribution in [1.82, 2.24) is 10.3 Å². The summed E-state index contributed by atoms with van der Waals surface area (Å²) in [7, 11) is 0. The van der Waals surface area contributed by atoms with Gasteiger partial charge in [-0.05, 0) is 32.9 Å². The lowest BCUT2D eigenvalue weighted by atomic mass is 9.93. The van der Waals surface area contributed by atoms with Crippen LogP contribution in [0.2, 0.25) is 0 Å². The lowest BCUT2D eigenvalue weighted by Crippen LogP contribution is -2.42. The predicted octanol–water partition coefficient (Wildman–Crippen LogP) is 1.12. The number of hydrogen-bond donors (Lipinski definition) is 2. The maximum Gasteiger partial charge on any atom is 0.318 e. The Labute approximate surface area is 99.9 Å². The molecule has 5 heteroatoms. The molecule has 2 N–H and O–H groups in total. The van der Waals surface area contributed by atoms with Gasteiger partial charge >= 0.3 is 5.97 Å². The molecule has 1 aromatic rings. The number of carboxylic acids is 1. The van der Waals surface area contributed by atoms with E-state index in [0.29, 0.717) is 5.69 Å². The molecule has 0 aromatic carbocycles. The second kappa shape index (κ2) is 4.95. The van der Waals surface area contributed by atoms with Gasteiger partial charge < -0.3 is 10.4 Å². The SMILES string of the molecule is Cc1cccc(CNC(=O)C(C)(C)C(=O)O)n1. The van der Waals surface area contributed by atoms with Gasteiger partial charge in [-0.2, -0.15) is 0 Å². The Morgan fingerprint density at radius 1 is 1.41 bits per heavy atom. The van der Waals surface area contributed by atoms with Crippen LogP contribution in [0.3, 0.4) is 0 Å². The van der Waals surface area contributed by atoms with E-state index >= 15 is 0 Å². The lowest BCUT2D eigenvalue weighted by Gasteiger charge is -2.18. The molecule has 1 aromatic heterocycles. The summed E-state index contributed by atoms with van der Waals surface area (Å²) in [5, 5.41) is 11.4. The van der Waals surface area contributed by atoms with Crippen molar-refractivity contribution in [2.75, 3.05) is 0 Å². The Hall–Kier alpha value is -1.91. The van der Waals surface area contributed by atoms with Crippen molar-refractivity contribution in [2.45, 2.75) is 27.3 Å². The van der Waals surface area contributed by atoms with E-state index in [1.807, 2.05) is 19.1 Å². The van der Waals surface area contributed by atoms with Crippen molar-refractivity contribution in [3.63, 3.8) is 0 Å². The number of pyridine rings is 1.